The van der Waals surface area contributed by atoms with Gasteiger partial charge in [-0.25, -0.2) is 0 Å². The fourth-order valence-corrected chi connectivity index (χ4v) is 2.59. The number of benzene rings is 1. The van der Waals surface area contributed by atoms with Crippen LogP contribution in [0.15, 0.2) is 24.3 Å². The molecule has 1 heterocycles. The largest absolute Gasteiger partial charge is 0.573 e. The molecule has 0 unspecified atom stereocenters. The van der Waals surface area contributed by atoms with Crippen LogP contribution in [0.25, 0.3) is 0 Å². The number of ether oxygens (including phenoxy) is 1. The van der Waals surface area contributed by atoms with Crippen molar-refractivity contribution in [1.29, 1.82) is 0 Å². The van der Waals surface area contributed by atoms with Crippen molar-refractivity contribution in [3.63, 3.8) is 0 Å². The van der Waals surface area contributed by atoms with Crippen LogP contribution in [0.1, 0.15) is 12.0 Å². The van der Waals surface area contributed by atoms with E-state index in [9.17, 15) is 18.0 Å². The van der Waals surface area contributed by atoms with E-state index in [0.717, 1.165) is 26.2 Å². The molecule has 1 N–H and O–H groups in total. The van der Waals surface area contributed by atoms with Crippen LogP contribution >= 0.6 is 0 Å². The van der Waals surface area contributed by atoms with Crippen molar-refractivity contribution >= 4 is 5.91 Å². The molecule has 0 bridgehead atoms. The maximum absolute atomic E-state index is 12.2. The van der Waals surface area contributed by atoms with Gasteiger partial charge >= 0.3 is 6.36 Å². The smallest absolute Gasteiger partial charge is 0.406 e. The molecule has 2 rings (SSSR count). The molecule has 8 heteroatoms. The van der Waals surface area contributed by atoms with E-state index in [1.54, 1.807) is 6.07 Å². The molecular formula is C16H22F3N3O2. The van der Waals surface area contributed by atoms with Gasteiger partial charge in [0.15, 0.2) is 0 Å². The Hall–Kier alpha value is -1.80. The number of nitrogens with zero attached hydrogens (tertiary/aromatic N) is 2. The lowest BCUT2D eigenvalue weighted by atomic mass is 10.2. The predicted molar refractivity (Wildman–Crippen MR) is 83.5 cm³/mol. The van der Waals surface area contributed by atoms with Gasteiger partial charge in [-0.2, -0.15) is 0 Å². The molecule has 0 saturated carbocycles. The molecule has 0 aliphatic carbocycles. The Morgan fingerprint density at radius 2 is 2.04 bits per heavy atom. The highest BCUT2D eigenvalue weighted by Crippen LogP contribution is 2.23. The number of alkyl halides is 3. The minimum atomic E-state index is -4.69. The number of carbonyl (C=O) groups excluding carboxylic acids is 1. The average Bonchev–Trinajstić information content (AvgIpc) is 2.52. The van der Waals surface area contributed by atoms with Crippen LogP contribution < -0.4 is 10.1 Å². The first kappa shape index (κ1) is 18.5. The summed E-state index contributed by atoms with van der Waals surface area (Å²) in [4.78, 5) is 15.8. The zero-order chi connectivity index (χ0) is 17.6. The van der Waals surface area contributed by atoms with Crippen LogP contribution in [-0.4, -0.2) is 61.8 Å². The summed E-state index contributed by atoms with van der Waals surface area (Å²) in [7, 11) is 1.84. The third-order valence-electron chi connectivity index (χ3n) is 3.76. The Balaban J connectivity index is 1.80. The molecule has 24 heavy (non-hydrogen) atoms. The Morgan fingerprint density at radius 1 is 1.33 bits per heavy atom. The highest BCUT2D eigenvalue weighted by Gasteiger charge is 2.31. The maximum Gasteiger partial charge on any atom is 0.573 e. The first-order chi connectivity index (χ1) is 11.3. The molecule has 0 aromatic heterocycles. The van der Waals surface area contributed by atoms with Gasteiger partial charge in [0.2, 0.25) is 5.91 Å². The number of hydrogen-bond donors (Lipinski definition) is 1. The van der Waals surface area contributed by atoms with Crippen LogP contribution in [0.4, 0.5) is 13.2 Å². The summed E-state index contributed by atoms with van der Waals surface area (Å²) in [5.41, 5.74) is 0.703. The topological polar surface area (TPSA) is 44.8 Å². The molecule has 134 valence electrons. The molecule has 1 aromatic rings. The van der Waals surface area contributed by atoms with Crippen molar-refractivity contribution in [1.82, 2.24) is 15.1 Å². The van der Waals surface area contributed by atoms with Gasteiger partial charge in [0.05, 0.1) is 0 Å². The molecular weight excluding hydrogens is 323 g/mol. The summed E-state index contributed by atoms with van der Waals surface area (Å²) < 4.78 is 40.6. The Kier molecular flexibility index (Phi) is 6.44. The number of carbonyl (C=O) groups is 1. The van der Waals surface area contributed by atoms with E-state index in [1.165, 1.54) is 18.2 Å². The van der Waals surface area contributed by atoms with Gasteiger partial charge in [0, 0.05) is 45.7 Å². The van der Waals surface area contributed by atoms with Crippen LogP contribution in [0.2, 0.25) is 0 Å². The normalized spacial score (nSPS) is 15.6. The monoisotopic (exact) mass is 345 g/mol. The molecule has 1 aliphatic heterocycles. The van der Waals surface area contributed by atoms with Crippen LogP contribution in [0, 0.1) is 0 Å². The third-order valence-corrected chi connectivity index (χ3v) is 3.76. The first-order valence-electron chi connectivity index (χ1n) is 7.85. The maximum atomic E-state index is 12.2. The fraction of sp³-hybridized carbons (Fsp3) is 0.562. The van der Waals surface area contributed by atoms with E-state index >= 15 is 0 Å². The summed E-state index contributed by atoms with van der Waals surface area (Å²) in [6, 6.07) is 5.89. The highest BCUT2D eigenvalue weighted by molar-refractivity contribution is 5.76. The van der Waals surface area contributed by atoms with Crippen LogP contribution in [0.3, 0.4) is 0 Å². The second-order valence-electron chi connectivity index (χ2n) is 5.81. The predicted octanol–water partition coefficient (Wildman–Crippen LogP) is 1.84. The van der Waals surface area contributed by atoms with Crippen molar-refractivity contribution < 1.29 is 22.7 Å². The summed E-state index contributed by atoms with van der Waals surface area (Å²) in [6.07, 6.45) is -4.30. The van der Waals surface area contributed by atoms with Crippen molar-refractivity contribution in [2.75, 3.05) is 39.8 Å². The lowest BCUT2D eigenvalue weighted by Gasteiger charge is -2.28. The summed E-state index contributed by atoms with van der Waals surface area (Å²) in [5.74, 6) is -0.122. The van der Waals surface area contributed by atoms with Gasteiger partial charge in [0.25, 0.3) is 0 Å². The van der Waals surface area contributed by atoms with E-state index < -0.39 is 6.36 Å². The molecule has 1 aromatic carbocycles. The lowest BCUT2D eigenvalue weighted by molar-refractivity contribution is -0.274. The molecule has 1 amide bonds. The van der Waals surface area contributed by atoms with E-state index in [0.29, 0.717) is 25.1 Å². The van der Waals surface area contributed by atoms with E-state index in [1.807, 2.05) is 16.8 Å². The average molecular weight is 345 g/mol. The van der Waals surface area contributed by atoms with Gasteiger partial charge in [-0.15, -0.1) is 13.2 Å². The minimum absolute atomic E-state index is 0.109. The number of rotatable bonds is 6. The molecule has 0 spiro atoms. The van der Waals surface area contributed by atoms with Crippen molar-refractivity contribution in [2.24, 2.45) is 0 Å². The SMILES string of the molecule is CN(CCC(=O)N1CCNCC1)Cc1cccc(OC(F)(F)F)c1. The number of amides is 1. The number of piperazine rings is 1. The van der Waals surface area contributed by atoms with Gasteiger partial charge in [-0.1, -0.05) is 12.1 Å². The Labute approximate surface area is 139 Å². The van der Waals surface area contributed by atoms with E-state index in [-0.39, 0.29) is 11.7 Å². The van der Waals surface area contributed by atoms with Crippen LogP contribution in [0.5, 0.6) is 5.75 Å². The quantitative estimate of drug-likeness (QED) is 0.855. The lowest BCUT2D eigenvalue weighted by Crippen LogP contribution is -2.47. The first-order valence-corrected chi connectivity index (χ1v) is 7.85. The van der Waals surface area contributed by atoms with Crippen molar-refractivity contribution in [3.8, 4) is 5.75 Å². The second-order valence-corrected chi connectivity index (χ2v) is 5.81. The second kappa shape index (κ2) is 8.34. The fourth-order valence-electron chi connectivity index (χ4n) is 2.59. The molecule has 0 atom stereocenters. The van der Waals surface area contributed by atoms with Gasteiger partial charge < -0.3 is 19.9 Å². The van der Waals surface area contributed by atoms with E-state index in [4.69, 9.17) is 0 Å². The van der Waals surface area contributed by atoms with Gasteiger partial charge in [0.1, 0.15) is 5.75 Å². The van der Waals surface area contributed by atoms with Crippen LogP contribution in [-0.2, 0) is 11.3 Å². The highest BCUT2D eigenvalue weighted by atomic mass is 19.4. The Morgan fingerprint density at radius 3 is 2.71 bits per heavy atom. The molecule has 0 radical (unpaired) electrons. The van der Waals surface area contributed by atoms with Gasteiger partial charge in [-0.3, -0.25) is 4.79 Å². The zero-order valence-electron chi connectivity index (χ0n) is 13.6. The Bertz CT molecular complexity index is 546. The van der Waals surface area contributed by atoms with Crippen molar-refractivity contribution in [3.05, 3.63) is 29.8 Å². The minimum Gasteiger partial charge on any atom is -0.406 e. The number of nitrogens with one attached hydrogen (secondary N) is 1. The number of hydrogen-bond acceptors (Lipinski definition) is 4. The zero-order valence-corrected chi connectivity index (χ0v) is 13.6. The summed E-state index contributed by atoms with van der Waals surface area (Å²) in [5, 5.41) is 3.19. The molecule has 1 fully saturated rings. The standard InChI is InChI=1S/C16H22F3N3O2/c1-21(8-5-15(23)22-9-6-20-7-10-22)12-13-3-2-4-14(11-13)24-16(17,18)19/h2-4,11,20H,5-10,12H2,1H3. The van der Waals surface area contributed by atoms with Gasteiger partial charge in [-0.05, 0) is 24.7 Å². The number of halogens is 3. The summed E-state index contributed by atoms with van der Waals surface area (Å²) in [6.45, 7) is 4.07. The molecule has 5 nitrogen and oxygen atoms in total. The third kappa shape index (κ3) is 6.37. The molecule has 1 saturated heterocycles. The van der Waals surface area contributed by atoms with Crippen molar-refractivity contribution in [2.45, 2.75) is 19.3 Å². The molecule has 1 aliphatic rings. The summed E-state index contributed by atoms with van der Waals surface area (Å²) >= 11 is 0. The van der Waals surface area contributed by atoms with E-state index in [2.05, 4.69) is 10.1 Å².